The zero-order valence-electron chi connectivity index (χ0n) is 12.6. The molecule has 6 heteroatoms. The van der Waals surface area contributed by atoms with Gasteiger partial charge in [0.2, 0.25) is 0 Å². The third-order valence-corrected chi connectivity index (χ3v) is 4.37. The second kappa shape index (κ2) is 4.91. The lowest BCUT2D eigenvalue weighted by Crippen LogP contribution is -2.21. The van der Waals surface area contributed by atoms with Gasteiger partial charge >= 0.3 is 5.97 Å². The first kappa shape index (κ1) is 14.9. The van der Waals surface area contributed by atoms with Gasteiger partial charge in [-0.15, -0.1) is 0 Å². The van der Waals surface area contributed by atoms with Crippen molar-refractivity contribution in [3.8, 4) is 11.5 Å². The predicted octanol–water partition coefficient (Wildman–Crippen LogP) is 2.72. The number of carboxylic acid groups (broad SMARTS) is 1. The first-order valence-electron chi connectivity index (χ1n) is 7.35. The van der Waals surface area contributed by atoms with Gasteiger partial charge in [0.05, 0.1) is 16.7 Å². The molecule has 0 bridgehead atoms. The molecule has 0 aliphatic heterocycles. The highest BCUT2D eigenvalue weighted by molar-refractivity contribution is 6.32. The van der Waals surface area contributed by atoms with E-state index in [9.17, 15) is 24.6 Å². The van der Waals surface area contributed by atoms with E-state index in [0.29, 0.717) is 0 Å². The average Bonchev–Trinajstić information content (AvgIpc) is 2.62. The summed E-state index contributed by atoms with van der Waals surface area (Å²) < 4.78 is 0. The van der Waals surface area contributed by atoms with Gasteiger partial charge in [-0.05, 0) is 18.2 Å². The van der Waals surface area contributed by atoms with Crippen LogP contribution in [0.25, 0.3) is 10.8 Å². The Hall–Kier alpha value is -3.67. The molecule has 3 N–H and O–H groups in total. The number of hydrogen-bond acceptors (Lipinski definition) is 5. The standard InChI is InChI=1S/C19H10O6/c20-15-9-3-1-2-4-10(9)16(21)14-13(15)17(22)11-6-5-8(19(24)25)7-12(11)18(14)23/h1-7,22-23H,(H,24,25). The number of ketones is 2. The summed E-state index contributed by atoms with van der Waals surface area (Å²) in [5.74, 6) is -3.35. The van der Waals surface area contributed by atoms with Crippen molar-refractivity contribution in [3.63, 3.8) is 0 Å². The molecule has 1 aliphatic carbocycles. The van der Waals surface area contributed by atoms with Crippen LogP contribution in [0.1, 0.15) is 42.2 Å². The molecule has 0 saturated carbocycles. The van der Waals surface area contributed by atoms with Crippen LogP contribution in [-0.4, -0.2) is 32.9 Å². The molecule has 0 atom stereocenters. The van der Waals surface area contributed by atoms with E-state index in [4.69, 9.17) is 5.11 Å². The van der Waals surface area contributed by atoms with Crippen molar-refractivity contribution < 1.29 is 29.7 Å². The van der Waals surface area contributed by atoms with E-state index in [1.165, 1.54) is 24.3 Å². The Balaban J connectivity index is 2.14. The van der Waals surface area contributed by atoms with Crippen molar-refractivity contribution >= 4 is 28.3 Å². The third-order valence-electron chi connectivity index (χ3n) is 4.37. The second-order valence-electron chi connectivity index (χ2n) is 5.72. The van der Waals surface area contributed by atoms with Gasteiger partial charge in [-0.3, -0.25) is 9.59 Å². The number of benzene rings is 3. The Labute approximate surface area is 140 Å². The van der Waals surface area contributed by atoms with Crippen molar-refractivity contribution in [2.24, 2.45) is 0 Å². The van der Waals surface area contributed by atoms with E-state index in [1.807, 2.05) is 0 Å². The van der Waals surface area contributed by atoms with E-state index < -0.39 is 29.0 Å². The topological polar surface area (TPSA) is 112 Å². The number of aromatic hydroxyl groups is 2. The number of rotatable bonds is 1. The Bertz CT molecular complexity index is 1130. The number of carbonyl (C=O) groups is 3. The monoisotopic (exact) mass is 334 g/mol. The summed E-state index contributed by atoms with van der Waals surface area (Å²) in [5, 5.41) is 30.3. The molecule has 0 amide bonds. The van der Waals surface area contributed by atoms with Gasteiger partial charge in [-0.25, -0.2) is 4.79 Å². The normalized spacial score (nSPS) is 12.8. The van der Waals surface area contributed by atoms with Crippen molar-refractivity contribution in [2.45, 2.75) is 0 Å². The number of phenolic OH excluding ortho intramolecular Hbond substituents is 2. The predicted molar refractivity (Wildman–Crippen MR) is 87.5 cm³/mol. The summed E-state index contributed by atoms with van der Waals surface area (Å²) in [4.78, 5) is 36.6. The van der Waals surface area contributed by atoms with E-state index >= 15 is 0 Å². The zero-order chi connectivity index (χ0) is 17.9. The molecule has 1 aliphatic rings. The van der Waals surface area contributed by atoms with Gasteiger partial charge in [-0.2, -0.15) is 0 Å². The fourth-order valence-electron chi connectivity index (χ4n) is 3.18. The largest absolute Gasteiger partial charge is 0.506 e. The molecule has 3 aromatic rings. The molecule has 0 fully saturated rings. The summed E-state index contributed by atoms with van der Waals surface area (Å²) in [6.07, 6.45) is 0. The van der Waals surface area contributed by atoms with Gasteiger partial charge in [0.1, 0.15) is 11.5 Å². The summed E-state index contributed by atoms with van der Waals surface area (Å²) in [7, 11) is 0. The summed E-state index contributed by atoms with van der Waals surface area (Å²) in [5.41, 5.74) is -0.412. The molecule has 3 aromatic carbocycles. The highest BCUT2D eigenvalue weighted by Crippen LogP contribution is 2.44. The highest BCUT2D eigenvalue weighted by atomic mass is 16.4. The summed E-state index contributed by atoms with van der Waals surface area (Å²) in [6, 6.07) is 9.85. The first-order valence-corrected chi connectivity index (χ1v) is 7.35. The maximum Gasteiger partial charge on any atom is 0.335 e. The van der Waals surface area contributed by atoms with Crippen molar-refractivity contribution in [1.82, 2.24) is 0 Å². The fraction of sp³-hybridized carbons (Fsp3) is 0. The highest BCUT2D eigenvalue weighted by Gasteiger charge is 2.36. The zero-order valence-corrected chi connectivity index (χ0v) is 12.6. The molecule has 0 aromatic heterocycles. The van der Waals surface area contributed by atoms with Crippen molar-refractivity contribution in [3.05, 3.63) is 70.3 Å². The van der Waals surface area contributed by atoms with Crippen LogP contribution in [0.3, 0.4) is 0 Å². The number of aromatic carboxylic acids is 1. The van der Waals surface area contributed by atoms with Gasteiger partial charge in [0, 0.05) is 21.9 Å². The molecule has 0 saturated heterocycles. The van der Waals surface area contributed by atoms with Crippen molar-refractivity contribution in [2.75, 3.05) is 0 Å². The van der Waals surface area contributed by atoms with Crippen LogP contribution in [0.15, 0.2) is 42.5 Å². The summed E-state index contributed by atoms with van der Waals surface area (Å²) in [6.45, 7) is 0. The van der Waals surface area contributed by atoms with Crippen LogP contribution in [-0.2, 0) is 0 Å². The molecule has 0 radical (unpaired) electrons. The minimum Gasteiger partial charge on any atom is -0.506 e. The molecule has 0 spiro atoms. The Morgan fingerprint density at radius 2 is 1.28 bits per heavy atom. The lowest BCUT2D eigenvalue weighted by atomic mass is 9.81. The second-order valence-corrected chi connectivity index (χ2v) is 5.72. The number of fused-ring (bicyclic) bond motifs is 3. The fourth-order valence-corrected chi connectivity index (χ4v) is 3.18. The number of phenols is 2. The van der Waals surface area contributed by atoms with E-state index in [-0.39, 0.29) is 38.6 Å². The Morgan fingerprint density at radius 3 is 1.80 bits per heavy atom. The van der Waals surface area contributed by atoms with Crippen LogP contribution < -0.4 is 0 Å². The van der Waals surface area contributed by atoms with Crippen LogP contribution in [0.4, 0.5) is 0 Å². The maximum absolute atomic E-state index is 12.7. The quantitative estimate of drug-likeness (QED) is 0.461. The number of hydrogen-bond donors (Lipinski definition) is 3. The van der Waals surface area contributed by atoms with Crippen LogP contribution in [0.2, 0.25) is 0 Å². The molecular weight excluding hydrogens is 324 g/mol. The smallest absolute Gasteiger partial charge is 0.335 e. The maximum atomic E-state index is 12.7. The van der Waals surface area contributed by atoms with Gasteiger partial charge < -0.3 is 15.3 Å². The van der Waals surface area contributed by atoms with Crippen LogP contribution in [0.5, 0.6) is 11.5 Å². The van der Waals surface area contributed by atoms with Crippen molar-refractivity contribution in [1.29, 1.82) is 0 Å². The van der Waals surface area contributed by atoms with E-state index in [1.54, 1.807) is 12.1 Å². The first-order chi connectivity index (χ1) is 11.9. The number of carbonyl (C=O) groups excluding carboxylic acids is 2. The van der Waals surface area contributed by atoms with Gasteiger partial charge in [-0.1, -0.05) is 24.3 Å². The van der Waals surface area contributed by atoms with Gasteiger partial charge in [0.15, 0.2) is 11.6 Å². The Kier molecular flexibility index (Phi) is 2.93. The molecule has 122 valence electrons. The summed E-state index contributed by atoms with van der Waals surface area (Å²) >= 11 is 0. The molecule has 25 heavy (non-hydrogen) atoms. The SMILES string of the molecule is O=C(O)c1ccc2c(O)c3c(c(O)c2c1)C(=O)c1ccccc1C3=O. The lowest BCUT2D eigenvalue weighted by molar-refractivity contribution is 0.0696. The molecule has 4 rings (SSSR count). The van der Waals surface area contributed by atoms with E-state index in [0.717, 1.165) is 6.07 Å². The molecule has 0 heterocycles. The molecular formula is C19H10O6. The third kappa shape index (κ3) is 1.88. The van der Waals surface area contributed by atoms with E-state index in [2.05, 4.69) is 0 Å². The average molecular weight is 334 g/mol. The number of carboxylic acids is 1. The molecule has 0 unspecified atom stereocenters. The van der Waals surface area contributed by atoms with Gasteiger partial charge in [0.25, 0.3) is 0 Å². The minimum absolute atomic E-state index is 0.00307. The lowest BCUT2D eigenvalue weighted by Gasteiger charge is -2.21. The van der Waals surface area contributed by atoms with Crippen LogP contribution >= 0.6 is 0 Å². The molecule has 6 nitrogen and oxygen atoms in total. The van der Waals surface area contributed by atoms with Crippen LogP contribution in [0, 0.1) is 0 Å². The minimum atomic E-state index is -1.22. The Morgan fingerprint density at radius 1 is 0.760 bits per heavy atom.